The van der Waals surface area contributed by atoms with Gasteiger partial charge in [0.1, 0.15) is 17.7 Å². The molecule has 0 saturated heterocycles. The summed E-state index contributed by atoms with van der Waals surface area (Å²) in [5.74, 6) is -0.364. The number of hydrogen-bond donors (Lipinski definition) is 2. The maximum atomic E-state index is 14.5. The van der Waals surface area contributed by atoms with E-state index in [1.807, 2.05) is 82.3 Å². The summed E-state index contributed by atoms with van der Waals surface area (Å²) in [6, 6.07) is 15.4. The van der Waals surface area contributed by atoms with Gasteiger partial charge >= 0.3 is 6.09 Å². The Hall–Kier alpha value is -3.35. The highest BCUT2D eigenvalue weighted by Crippen LogP contribution is 2.30. The number of carbonyl (C=O) groups excluding carboxylic acids is 3. The molecule has 7 nitrogen and oxygen atoms in total. The lowest BCUT2D eigenvalue weighted by Crippen LogP contribution is -2.57. The van der Waals surface area contributed by atoms with E-state index in [1.54, 1.807) is 25.7 Å². The van der Waals surface area contributed by atoms with Gasteiger partial charge in [-0.25, -0.2) is 4.79 Å². The van der Waals surface area contributed by atoms with Crippen LogP contribution in [-0.4, -0.2) is 40.5 Å². The quantitative estimate of drug-likeness (QED) is 0.313. The Bertz CT molecular complexity index is 1110. The Labute approximate surface area is 241 Å². The van der Waals surface area contributed by atoms with E-state index in [-0.39, 0.29) is 23.8 Å². The van der Waals surface area contributed by atoms with Crippen LogP contribution in [0.2, 0.25) is 0 Å². The molecule has 0 heterocycles. The zero-order valence-electron chi connectivity index (χ0n) is 25.8. The minimum Gasteiger partial charge on any atom is -0.444 e. The first-order valence-electron chi connectivity index (χ1n) is 14.4. The lowest BCUT2D eigenvalue weighted by atomic mass is 9.93. The molecule has 40 heavy (non-hydrogen) atoms. The molecule has 2 aromatic carbocycles. The number of carbonyl (C=O) groups is 3. The third-order valence-corrected chi connectivity index (χ3v) is 6.82. The van der Waals surface area contributed by atoms with Gasteiger partial charge in [-0.2, -0.15) is 0 Å². The highest BCUT2D eigenvalue weighted by Gasteiger charge is 2.40. The molecule has 0 bridgehead atoms. The number of hydrogen-bond acceptors (Lipinski definition) is 4. The maximum Gasteiger partial charge on any atom is 0.408 e. The van der Waals surface area contributed by atoms with Crippen molar-refractivity contribution in [2.24, 2.45) is 11.8 Å². The highest BCUT2D eigenvalue weighted by molar-refractivity contribution is 5.92. The molecule has 0 radical (unpaired) electrons. The number of alkyl carbamates (subject to hydrolysis) is 1. The summed E-state index contributed by atoms with van der Waals surface area (Å²) in [7, 11) is 0. The molecule has 2 N–H and O–H groups in total. The van der Waals surface area contributed by atoms with Crippen LogP contribution in [0.5, 0.6) is 0 Å². The largest absolute Gasteiger partial charge is 0.444 e. The van der Waals surface area contributed by atoms with Gasteiger partial charge in [0.05, 0.1) is 0 Å². The van der Waals surface area contributed by atoms with Crippen LogP contribution in [0.4, 0.5) is 4.79 Å². The summed E-state index contributed by atoms with van der Waals surface area (Å²) < 4.78 is 5.49. The number of ether oxygens (including phenoxy) is 1. The standard InChI is InChI=1S/C33H49N3O4/c1-22(2)19-20-25(6)36(31(38)28(23(3)4)35-32(39)40-33(7,8)9)29(27-18-14-13-15-24(27)5)30(37)34-21-26-16-11-10-12-17-26/h10-18,22-23,25,28-29H,19-21H2,1-9H3,(H,34,37)(H,35,39). The molecule has 2 rings (SSSR count). The molecule has 0 aliphatic rings. The molecule has 3 unspecified atom stereocenters. The number of benzene rings is 2. The summed E-state index contributed by atoms with van der Waals surface area (Å²) in [6.45, 7) is 17.7. The Morgan fingerprint density at radius 2 is 1.48 bits per heavy atom. The minimum atomic E-state index is -0.874. The highest BCUT2D eigenvalue weighted by atomic mass is 16.6. The van der Waals surface area contributed by atoms with E-state index in [0.717, 1.165) is 29.5 Å². The van der Waals surface area contributed by atoms with Gasteiger partial charge in [-0.05, 0) is 76.0 Å². The van der Waals surface area contributed by atoms with Crippen molar-refractivity contribution >= 4 is 17.9 Å². The molecule has 3 atom stereocenters. The van der Waals surface area contributed by atoms with E-state index in [9.17, 15) is 14.4 Å². The van der Waals surface area contributed by atoms with Crippen molar-refractivity contribution in [3.05, 3.63) is 71.3 Å². The second kappa shape index (κ2) is 14.9. The van der Waals surface area contributed by atoms with Gasteiger partial charge in [0.25, 0.3) is 0 Å². The summed E-state index contributed by atoms with van der Waals surface area (Å²) in [4.78, 5) is 43.0. The third kappa shape index (κ3) is 10.00. The first-order chi connectivity index (χ1) is 18.7. The molecule has 0 fully saturated rings. The number of nitrogens with one attached hydrogen (secondary N) is 2. The molecular formula is C33H49N3O4. The van der Waals surface area contributed by atoms with Gasteiger partial charge < -0.3 is 20.3 Å². The van der Waals surface area contributed by atoms with E-state index in [4.69, 9.17) is 4.74 Å². The zero-order valence-corrected chi connectivity index (χ0v) is 25.8. The lowest BCUT2D eigenvalue weighted by Gasteiger charge is -2.40. The van der Waals surface area contributed by atoms with Crippen LogP contribution in [0.1, 0.15) is 91.0 Å². The van der Waals surface area contributed by atoms with E-state index in [0.29, 0.717) is 12.5 Å². The van der Waals surface area contributed by atoms with Crippen molar-refractivity contribution in [1.82, 2.24) is 15.5 Å². The summed E-state index contributed by atoms with van der Waals surface area (Å²) >= 11 is 0. The van der Waals surface area contributed by atoms with Gasteiger partial charge in [0, 0.05) is 12.6 Å². The number of amides is 3. The Kier molecular flexibility index (Phi) is 12.2. The fourth-order valence-corrected chi connectivity index (χ4v) is 4.61. The second-order valence-electron chi connectivity index (χ2n) is 12.4. The van der Waals surface area contributed by atoms with Crippen LogP contribution in [0.15, 0.2) is 54.6 Å². The minimum absolute atomic E-state index is 0.232. The molecule has 220 valence electrons. The SMILES string of the molecule is Cc1ccccc1C(C(=O)NCc1ccccc1)N(C(=O)C(NC(=O)OC(C)(C)C)C(C)C)C(C)CCC(C)C. The van der Waals surface area contributed by atoms with Gasteiger partial charge in [-0.15, -0.1) is 0 Å². The van der Waals surface area contributed by atoms with E-state index in [1.165, 1.54) is 0 Å². The monoisotopic (exact) mass is 551 g/mol. The molecule has 3 amide bonds. The average molecular weight is 552 g/mol. The van der Waals surface area contributed by atoms with Crippen molar-refractivity contribution in [2.45, 2.75) is 105 Å². The molecule has 0 saturated carbocycles. The molecule has 0 aromatic heterocycles. The Morgan fingerprint density at radius 1 is 0.875 bits per heavy atom. The average Bonchev–Trinajstić information content (AvgIpc) is 2.87. The maximum absolute atomic E-state index is 14.5. The van der Waals surface area contributed by atoms with Crippen molar-refractivity contribution in [3.8, 4) is 0 Å². The first kappa shape index (κ1) is 32.9. The zero-order chi connectivity index (χ0) is 30.0. The number of rotatable bonds is 12. The van der Waals surface area contributed by atoms with Crippen molar-refractivity contribution < 1.29 is 19.1 Å². The predicted octanol–water partition coefficient (Wildman–Crippen LogP) is 6.56. The third-order valence-electron chi connectivity index (χ3n) is 6.82. The van der Waals surface area contributed by atoms with Crippen molar-refractivity contribution in [3.63, 3.8) is 0 Å². The van der Waals surface area contributed by atoms with Crippen molar-refractivity contribution in [2.75, 3.05) is 0 Å². The fraction of sp³-hybridized carbons (Fsp3) is 0.545. The molecule has 0 aliphatic carbocycles. The van der Waals surface area contributed by atoms with Gasteiger partial charge in [0.2, 0.25) is 11.8 Å². The first-order valence-corrected chi connectivity index (χ1v) is 14.4. The predicted molar refractivity (Wildman–Crippen MR) is 161 cm³/mol. The van der Waals surface area contributed by atoms with Crippen LogP contribution in [-0.2, 0) is 20.9 Å². The normalized spacial score (nSPS) is 13.9. The summed E-state index contributed by atoms with van der Waals surface area (Å²) in [6.07, 6.45) is 0.952. The van der Waals surface area contributed by atoms with Crippen LogP contribution in [0.3, 0.4) is 0 Å². The summed E-state index contributed by atoms with van der Waals surface area (Å²) in [5, 5.41) is 5.88. The molecule has 0 aliphatic heterocycles. The van der Waals surface area contributed by atoms with Gasteiger partial charge in [-0.1, -0.05) is 82.3 Å². The van der Waals surface area contributed by atoms with E-state index in [2.05, 4.69) is 24.5 Å². The van der Waals surface area contributed by atoms with E-state index < -0.39 is 23.8 Å². The molecular weight excluding hydrogens is 502 g/mol. The topological polar surface area (TPSA) is 87.7 Å². The molecule has 2 aromatic rings. The van der Waals surface area contributed by atoms with E-state index >= 15 is 0 Å². The van der Waals surface area contributed by atoms with Crippen molar-refractivity contribution in [1.29, 1.82) is 0 Å². The fourth-order valence-electron chi connectivity index (χ4n) is 4.61. The van der Waals surface area contributed by atoms with Crippen LogP contribution >= 0.6 is 0 Å². The Balaban J connectivity index is 2.56. The molecule has 0 spiro atoms. The lowest BCUT2D eigenvalue weighted by molar-refractivity contribution is -0.146. The Morgan fingerprint density at radius 3 is 2.02 bits per heavy atom. The smallest absolute Gasteiger partial charge is 0.408 e. The summed E-state index contributed by atoms with van der Waals surface area (Å²) in [5.41, 5.74) is 1.94. The van der Waals surface area contributed by atoms with Crippen LogP contribution in [0.25, 0.3) is 0 Å². The van der Waals surface area contributed by atoms with Crippen LogP contribution in [0, 0.1) is 18.8 Å². The number of aryl methyl sites for hydroxylation is 1. The van der Waals surface area contributed by atoms with Gasteiger partial charge in [-0.3, -0.25) is 9.59 Å². The van der Waals surface area contributed by atoms with Crippen LogP contribution < -0.4 is 10.6 Å². The second-order valence-corrected chi connectivity index (χ2v) is 12.4. The van der Waals surface area contributed by atoms with Gasteiger partial charge in [0.15, 0.2) is 0 Å². The number of nitrogens with zero attached hydrogens (tertiary/aromatic N) is 1. The molecule has 7 heteroatoms.